The van der Waals surface area contributed by atoms with Crippen molar-refractivity contribution in [3.05, 3.63) is 71.4 Å². The number of aliphatic imine (C=N–C) groups is 1. The second kappa shape index (κ2) is 5.40. The number of hydrogen-bond donors (Lipinski definition) is 0. The van der Waals surface area contributed by atoms with Crippen LogP contribution < -0.4 is 0 Å². The zero-order chi connectivity index (χ0) is 14.8. The molecule has 0 bridgehead atoms. The van der Waals surface area contributed by atoms with Crippen molar-refractivity contribution >= 4 is 22.8 Å². The van der Waals surface area contributed by atoms with Crippen molar-refractivity contribution in [1.82, 2.24) is 4.98 Å². The average molecular weight is 282 g/mol. The quantitative estimate of drug-likeness (QED) is 0.632. The molecule has 0 spiro atoms. The van der Waals surface area contributed by atoms with E-state index in [4.69, 9.17) is 0 Å². The smallest absolute Gasteiger partial charge is 0.134 e. The van der Waals surface area contributed by atoms with Gasteiger partial charge in [0.1, 0.15) is 11.6 Å². The molecule has 104 valence electrons. The van der Waals surface area contributed by atoms with E-state index < -0.39 is 11.6 Å². The van der Waals surface area contributed by atoms with Gasteiger partial charge >= 0.3 is 0 Å². The Hall–Kier alpha value is -2.62. The number of hydrogen-bond acceptors (Lipinski definition) is 2. The number of benzene rings is 2. The normalized spacial score (nSPS) is 11.4. The summed E-state index contributed by atoms with van der Waals surface area (Å²) in [5.74, 6) is -1.26. The molecule has 1 aromatic heterocycles. The first kappa shape index (κ1) is 13.4. The fraction of sp³-hybridized carbons (Fsp3) is 0.0588. The first-order valence-corrected chi connectivity index (χ1v) is 6.49. The zero-order valence-electron chi connectivity index (χ0n) is 11.3. The highest BCUT2D eigenvalue weighted by Crippen LogP contribution is 2.25. The van der Waals surface area contributed by atoms with Gasteiger partial charge in [-0.2, -0.15) is 0 Å². The first-order chi connectivity index (χ1) is 10.1. The van der Waals surface area contributed by atoms with Gasteiger partial charge in [-0.1, -0.05) is 12.1 Å². The third kappa shape index (κ3) is 2.65. The van der Waals surface area contributed by atoms with Gasteiger partial charge in [0, 0.05) is 17.3 Å². The minimum atomic E-state index is -0.632. The topological polar surface area (TPSA) is 25.2 Å². The van der Waals surface area contributed by atoms with Crippen LogP contribution in [0.1, 0.15) is 11.3 Å². The number of nitrogens with zero attached hydrogens (tertiary/aromatic N) is 2. The lowest BCUT2D eigenvalue weighted by Gasteiger charge is -2.03. The SMILES string of the molecule is Cc1ccc2c(N=Cc3c(F)cccc3F)cccc2n1. The van der Waals surface area contributed by atoms with Gasteiger partial charge in [-0.25, -0.2) is 8.78 Å². The Bertz CT molecular complexity index is 821. The molecule has 0 aliphatic heterocycles. The zero-order valence-corrected chi connectivity index (χ0v) is 11.3. The maximum atomic E-state index is 13.6. The Morgan fingerprint density at radius 1 is 0.952 bits per heavy atom. The van der Waals surface area contributed by atoms with E-state index in [1.54, 1.807) is 6.07 Å². The summed E-state index contributed by atoms with van der Waals surface area (Å²) in [5.41, 5.74) is 2.19. The van der Waals surface area contributed by atoms with E-state index in [-0.39, 0.29) is 5.56 Å². The molecule has 21 heavy (non-hydrogen) atoms. The standard InChI is InChI=1S/C17H12F2N2/c1-11-8-9-12-16(6-3-7-17(12)21-11)20-10-13-14(18)4-2-5-15(13)19/h2-10H,1H3. The van der Waals surface area contributed by atoms with Gasteiger partial charge < -0.3 is 0 Å². The van der Waals surface area contributed by atoms with Gasteiger partial charge in [0.05, 0.1) is 16.8 Å². The summed E-state index contributed by atoms with van der Waals surface area (Å²) in [5, 5.41) is 0.844. The lowest BCUT2D eigenvalue weighted by Crippen LogP contribution is -1.93. The molecule has 0 fully saturated rings. The van der Waals surface area contributed by atoms with Crippen LogP contribution in [0.15, 0.2) is 53.5 Å². The molecule has 4 heteroatoms. The van der Waals surface area contributed by atoms with E-state index >= 15 is 0 Å². The molecule has 0 aliphatic carbocycles. The number of aryl methyl sites for hydroxylation is 1. The van der Waals surface area contributed by atoms with Crippen molar-refractivity contribution in [2.45, 2.75) is 6.92 Å². The third-order valence-electron chi connectivity index (χ3n) is 3.18. The van der Waals surface area contributed by atoms with Crippen LogP contribution in [0.2, 0.25) is 0 Å². The number of pyridine rings is 1. The van der Waals surface area contributed by atoms with Gasteiger partial charge in [-0.3, -0.25) is 9.98 Å². The predicted octanol–water partition coefficient (Wildman–Crippen LogP) is 4.57. The predicted molar refractivity (Wildman–Crippen MR) is 80.1 cm³/mol. The number of aromatic nitrogens is 1. The second-order valence-corrected chi connectivity index (χ2v) is 4.69. The molecule has 0 saturated heterocycles. The summed E-state index contributed by atoms with van der Waals surface area (Å²) in [6, 6.07) is 13.0. The summed E-state index contributed by atoms with van der Waals surface area (Å²) in [6.45, 7) is 1.91. The third-order valence-corrected chi connectivity index (χ3v) is 3.18. The molecule has 0 amide bonds. The Morgan fingerprint density at radius 3 is 2.43 bits per heavy atom. The van der Waals surface area contributed by atoms with E-state index in [1.165, 1.54) is 24.4 Å². The van der Waals surface area contributed by atoms with Crippen LogP contribution in [0.3, 0.4) is 0 Å². The summed E-state index contributed by atoms with van der Waals surface area (Å²) in [7, 11) is 0. The van der Waals surface area contributed by atoms with Gasteiger partial charge in [-0.05, 0) is 43.3 Å². The Morgan fingerprint density at radius 2 is 1.67 bits per heavy atom. The maximum Gasteiger partial charge on any atom is 0.134 e. The number of fused-ring (bicyclic) bond motifs is 1. The van der Waals surface area contributed by atoms with Crippen LogP contribution in [0, 0.1) is 18.6 Å². The minimum absolute atomic E-state index is 0.144. The molecule has 1 heterocycles. The molecule has 3 aromatic rings. The van der Waals surface area contributed by atoms with Crippen LogP contribution in [0.25, 0.3) is 10.9 Å². The van der Waals surface area contributed by atoms with Crippen LogP contribution in [0.4, 0.5) is 14.5 Å². The van der Waals surface area contributed by atoms with Gasteiger partial charge in [0.25, 0.3) is 0 Å². The fourth-order valence-electron chi connectivity index (χ4n) is 2.12. The highest BCUT2D eigenvalue weighted by molar-refractivity contribution is 5.93. The van der Waals surface area contributed by atoms with Crippen molar-refractivity contribution < 1.29 is 8.78 Å². The molecule has 0 saturated carbocycles. The molecule has 0 atom stereocenters. The summed E-state index contributed by atoms with van der Waals surface area (Å²) in [4.78, 5) is 8.62. The van der Waals surface area contributed by atoms with E-state index in [2.05, 4.69) is 9.98 Å². The van der Waals surface area contributed by atoms with Gasteiger partial charge in [0.15, 0.2) is 0 Å². The van der Waals surface area contributed by atoms with Crippen LogP contribution in [-0.2, 0) is 0 Å². The fourth-order valence-corrected chi connectivity index (χ4v) is 2.12. The summed E-state index contributed by atoms with van der Waals surface area (Å²) >= 11 is 0. The van der Waals surface area contributed by atoms with E-state index in [1.807, 2.05) is 31.2 Å². The molecule has 2 aromatic carbocycles. The van der Waals surface area contributed by atoms with Crippen LogP contribution >= 0.6 is 0 Å². The highest BCUT2D eigenvalue weighted by Gasteiger charge is 2.06. The Kier molecular flexibility index (Phi) is 3.44. The largest absolute Gasteiger partial charge is 0.255 e. The molecular formula is C17H12F2N2. The van der Waals surface area contributed by atoms with Gasteiger partial charge in [0.2, 0.25) is 0 Å². The molecule has 0 unspecified atom stereocenters. The summed E-state index contributed by atoms with van der Waals surface area (Å²) in [6.07, 6.45) is 1.21. The second-order valence-electron chi connectivity index (χ2n) is 4.69. The number of rotatable bonds is 2. The van der Waals surface area contributed by atoms with Crippen LogP contribution in [0.5, 0.6) is 0 Å². The molecule has 0 aliphatic rings. The maximum absolute atomic E-state index is 13.6. The minimum Gasteiger partial charge on any atom is -0.255 e. The molecule has 0 N–H and O–H groups in total. The highest BCUT2D eigenvalue weighted by atomic mass is 19.1. The first-order valence-electron chi connectivity index (χ1n) is 6.49. The lowest BCUT2D eigenvalue weighted by atomic mass is 10.1. The molecule has 0 radical (unpaired) electrons. The summed E-state index contributed by atoms with van der Waals surface area (Å²) < 4.78 is 27.2. The number of halogens is 2. The Balaban J connectivity index is 2.08. The van der Waals surface area contributed by atoms with E-state index in [0.29, 0.717) is 5.69 Å². The van der Waals surface area contributed by atoms with Crippen molar-refractivity contribution in [2.75, 3.05) is 0 Å². The monoisotopic (exact) mass is 282 g/mol. The molecule has 3 rings (SSSR count). The average Bonchev–Trinajstić information content (AvgIpc) is 2.46. The van der Waals surface area contributed by atoms with Crippen molar-refractivity contribution in [3.63, 3.8) is 0 Å². The van der Waals surface area contributed by atoms with E-state index in [0.717, 1.165) is 16.6 Å². The van der Waals surface area contributed by atoms with Crippen LogP contribution in [-0.4, -0.2) is 11.2 Å². The molecule has 2 nitrogen and oxygen atoms in total. The van der Waals surface area contributed by atoms with Gasteiger partial charge in [-0.15, -0.1) is 0 Å². The molecular weight excluding hydrogens is 270 g/mol. The Labute approximate surface area is 120 Å². The van der Waals surface area contributed by atoms with E-state index in [9.17, 15) is 8.78 Å². The van der Waals surface area contributed by atoms with Crippen molar-refractivity contribution in [1.29, 1.82) is 0 Å². The van der Waals surface area contributed by atoms with Crippen molar-refractivity contribution in [3.8, 4) is 0 Å². The lowest BCUT2D eigenvalue weighted by molar-refractivity contribution is 0.580. The van der Waals surface area contributed by atoms with Crippen molar-refractivity contribution in [2.24, 2.45) is 4.99 Å².